The second-order valence-electron chi connectivity index (χ2n) is 5.69. The topological polar surface area (TPSA) is 69.9 Å². The second-order valence-corrected chi connectivity index (χ2v) is 5.69. The van der Waals surface area contributed by atoms with E-state index >= 15 is 0 Å². The summed E-state index contributed by atoms with van der Waals surface area (Å²) in [6, 6.07) is -0.390. The summed E-state index contributed by atoms with van der Waals surface area (Å²) in [7, 11) is 3.76. The van der Waals surface area contributed by atoms with Crippen molar-refractivity contribution in [3.05, 3.63) is 0 Å². The summed E-state index contributed by atoms with van der Waals surface area (Å²) in [6.45, 7) is 4.92. The van der Waals surface area contributed by atoms with E-state index in [1.807, 2.05) is 23.9 Å². The van der Waals surface area contributed by atoms with Crippen LogP contribution in [-0.4, -0.2) is 79.4 Å². The molecule has 6 nitrogen and oxygen atoms in total. The van der Waals surface area contributed by atoms with E-state index in [0.29, 0.717) is 32.7 Å². The van der Waals surface area contributed by atoms with Crippen LogP contribution in [0.15, 0.2) is 0 Å². The summed E-state index contributed by atoms with van der Waals surface area (Å²) in [4.78, 5) is 29.5. The van der Waals surface area contributed by atoms with E-state index in [-0.39, 0.29) is 17.9 Å². The van der Waals surface area contributed by atoms with Crippen LogP contribution in [0.25, 0.3) is 0 Å². The summed E-state index contributed by atoms with van der Waals surface area (Å²) in [5.41, 5.74) is 5.92. The zero-order valence-corrected chi connectivity index (χ0v) is 13.0. The van der Waals surface area contributed by atoms with Gasteiger partial charge in [-0.05, 0) is 20.5 Å². The number of carbonyl (C=O) groups excluding carboxylic acids is 2. The normalized spacial score (nSPS) is 17.4. The highest BCUT2D eigenvalue weighted by Gasteiger charge is 2.26. The predicted molar refractivity (Wildman–Crippen MR) is 79.2 cm³/mol. The molecule has 2 amide bonds. The summed E-state index contributed by atoms with van der Waals surface area (Å²) in [6.07, 6.45) is 2.77. The van der Waals surface area contributed by atoms with E-state index in [9.17, 15) is 9.59 Å². The van der Waals surface area contributed by atoms with Crippen molar-refractivity contribution in [3.63, 3.8) is 0 Å². The van der Waals surface area contributed by atoms with Gasteiger partial charge in [-0.2, -0.15) is 0 Å². The van der Waals surface area contributed by atoms with Crippen LogP contribution in [0, 0.1) is 0 Å². The molecule has 0 aromatic carbocycles. The van der Waals surface area contributed by atoms with Gasteiger partial charge in [-0.1, -0.05) is 19.8 Å². The van der Waals surface area contributed by atoms with Gasteiger partial charge in [0.1, 0.15) is 0 Å². The molecule has 20 heavy (non-hydrogen) atoms. The van der Waals surface area contributed by atoms with Crippen LogP contribution >= 0.6 is 0 Å². The zero-order valence-electron chi connectivity index (χ0n) is 13.0. The molecule has 1 saturated heterocycles. The molecular formula is C14H28N4O2. The maximum absolute atomic E-state index is 12.1. The molecule has 116 valence electrons. The van der Waals surface area contributed by atoms with Crippen molar-refractivity contribution in [3.8, 4) is 0 Å². The lowest BCUT2D eigenvalue weighted by atomic mass is 10.1. The Hall–Kier alpha value is -1.14. The van der Waals surface area contributed by atoms with Crippen molar-refractivity contribution in [2.45, 2.75) is 32.2 Å². The van der Waals surface area contributed by atoms with Crippen molar-refractivity contribution in [2.24, 2.45) is 5.73 Å². The molecule has 6 heteroatoms. The zero-order chi connectivity index (χ0) is 15.1. The lowest BCUT2D eigenvalue weighted by Gasteiger charge is -2.36. The summed E-state index contributed by atoms with van der Waals surface area (Å²) in [5, 5.41) is 0. The summed E-state index contributed by atoms with van der Waals surface area (Å²) < 4.78 is 0. The van der Waals surface area contributed by atoms with Crippen LogP contribution < -0.4 is 5.73 Å². The lowest BCUT2D eigenvalue weighted by Crippen LogP contribution is -2.55. The molecule has 1 fully saturated rings. The molecular weight excluding hydrogens is 256 g/mol. The number of likely N-dealkylation sites (N-methyl/N-ethyl adjacent to an activating group) is 1. The van der Waals surface area contributed by atoms with Gasteiger partial charge < -0.3 is 20.4 Å². The van der Waals surface area contributed by atoms with Gasteiger partial charge in [0.2, 0.25) is 11.8 Å². The lowest BCUT2D eigenvalue weighted by molar-refractivity contribution is -0.140. The summed E-state index contributed by atoms with van der Waals surface area (Å²) >= 11 is 0. The fourth-order valence-corrected chi connectivity index (χ4v) is 2.33. The molecule has 0 saturated carbocycles. The van der Waals surface area contributed by atoms with Gasteiger partial charge in [-0.25, -0.2) is 0 Å². The quantitative estimate of drug-likeness (QED) is 0.729. The van der Waals surface area contributed by atoms with Gasteiger partial charge in [-0.3, -0.25) is 9.59 Å². The largest absolute Gasteiger partial charge is 0.338 e. The Labute approximate surface area is 121 Å². The van der Waals surface area contributed by atoms with E-state index in [4.69, 9.17) is 5.73 Å². The highest BCUT2D eigenvalue weighted by atomic mass is 16.2. The minimum Gasteiger partial charge on any atom is -0.338 e. The van der Waals surface area contributed by atoms with Crippen LogP contribution in [0.1, 0.15) is 26.2 Å². The van der Waals surface area contributed by atoms with E-state index in [2.05, 4.69) is 6.92 Å². The molecule has 0 spiro atoms. The molecule has 0 aromatic heterocycles. The maximum Gasteiger partial charge on any atom is 0.239 e. The first-order valence-corrected chi connectivity index (χ1v) is 7.42. The SMILES string of the molecule is CCCCC(N)C(=O)N1CCN(C(=O)CN(C)C)CC1. The molecule has 1 aliphatic heterocycles. The standard InChI is InChI=1S/C14H28N4O2/c1-4-5-6-12(15)14(20)18-9-7-17(8-10-18)13(19)11-16(2)3/h12H,4-11,15H2,1-3H3. The van der Waals surface area contributed by atoms with Crippen molar-refractivity contribution in [1.29, 1.82) is 0 Å². The molecule has 0 radical (unpaired) electrons. The van der Waals surface area contributed by atoms with Crippen LogP contribution in [0.5, 0.6) is 0 Å². The van der Waals surface area contributed by atoms with Crippen LogP contribution in [0.3, 0.4) is 0 Å². The number of nitrogens with two attached hydrogens (primary N) is 1. The minimum absolute atomic E-state index is 0.0261. The average Bonchev–Trinajstić information content (AvgIpc) is 2.43. The number of rotatable bonds is 6. The first kappa shape index (κ1) is 16.9. The molecule has 0 aromatic rings. The van der Waals surface area contributed by atoms with E-state index in [0.717, 1.165) is 19.3 Å². The van der Waals surface area contributed by atoms with E-state index < -0.39 is 0 Å². The third-order valence-electron chi connectivity index (χ3n) is 3.58. The first-order valence-electron chi connectivity index (χ1n) is 7.42. The number of nitrogens with zero attached hydrogens (tertiary/aromatic N) is 3. The molecule has 1 heterocycles. The van der Waals surface area contributed by atoms with Gasteiger partial charge in [0.05, 0.1) is 12.6 Å². The van der Waals surface area contributed by atoms with Gasteiger partial charge in [-0.15, -0.1) is 0 Å². The monoisotopic (exact) mass is 284 g/mol. The van der Waals surface area contributed by atoms with Crippen molar-refractivity contribution >= 4 is 11.8 Å². The van der Waals surface area contributed by atoms with E-state index in [1.165, 1.54) is 0 Å². The van der Waals surface area contributed by atoms with Crippen LogP contribution in [-0.2, 0) is 9.59 Å². The van der Waals surface area contributed by atoms with Gasteiger partial charge in [0.25, 0.3) is 0 Å². The van der Waals surface area contributed by atoms with Gasteiger partial charge in [0, 0.05) is 26.2 Å². The van der Waals surface area contributed by atoms with Crippen molar-refractivity contribution in [1.82, 2.24) is 14.7 Å². The van der Waals surface area contributed by atoms with Crippen molar-refractivity contribution in [2.75, 3.05) is 46.8 Å². The van der Waals surface area contributed by atoms with Crippen LogP contribution in [0.4, 0.5) is 0 Å². The molecule has 1 atom stereocenters. The molecule has 1 rings (SSSR count). The number of hydrogen-bond donors (Lipinski definition) is 1. The fraction of sp³-hybridized carbons (Fsp3) is 0.857. The average molecular weight is 284 g/mol. The van der Waals surface area contributed by atoms with Crippen molar-refractivity contribution < 1.29 is 9.59 Å². The second kappa shape index (κ2) is 8.21. The predicted octanol–water partition coefficient (Wildman–Crippen LogP) is -0.264. The Kier molecular flexibility index (Phi) is 6.95. The Bertz CT molecular complexity index is 325. The molecule has 1 unspecified atom stereocenters. The smallest absolute Gasteiger partial charge is 0.239 e. The molecule has 2 N–H and O–H groups in total. The molecule has 0 aliphatic carbocycles. The van der Waals surface area contributed by atoms with E-state index in [1.54, 1.807) is 4.90 Å². The van der Waals surface area contributed by atoms with Gasteiger partial charge in [0.15, 0.2) is 0 Å². The third kappa shape index (κ3) is 5.09. The highest BCUT2D eigenvalue weighted by Crippen LogP contribution is 2.07. The fourth-order valence-electron chi connectivity index (χ4n) is 2.33. The Balaban J connectivity index is 2.38. The highest BCUT2D eigenvalue weighted by molar-refractivity contribution is 5.82. The maximum atomic E-state index is 12.1. The summed E-state index contributed by atoms with van der Waals surface area (Å²) in [5.74, 6) is 0.149. The van der Waals surface area contributed by atoms with Crippen LogP contribution in [0.2, 0.25) is 0 Å². The molecule has 0 bridgehead atoms. The Morgan fingerprint density at radius 3 is 2.20 bits per heavy atom. The number of hydrogen-bond acceptors (Lipinski definition) is 4. The minimum atomic E-state index is -0.390. The number of piperazine rings is 1. The third-order valence-corrected chi connectivity index (χ3v) is 3.58. The number of carbonyl (C=O) groups is 2. The number of amides is 2. The Morgan fingerprint density at radius 2 is 1.70 bits per heavy atom. The Morgan fingerprint density at radius 1 is 1.15 bits per heavy atom. The number of unbranched alkanes of at least 4 members (excludes halogenated alkanes) is 1. The van der Waals surface area contributed by atoms with Gasteiger partial charge >= 0.3 is 0 Å². The molecule has 1 aliphatic rings. The first-order chi connectivity index (χ1) is 9.45.